The zero-order chi connectivity index (χ0) is 9.30. The van der Waals surface area contributed by atoms with Gasteiger partial charge in [0, 0.05) is 0 Å². The van der Waals surface area contributed by atoms with Crippen LogP contribution in [0.2, 0.25) is 0 Å². The van der Waals surface area contributed by atoms with E-state index in [1.807, 2.05) is 13.8 Å². The van der Waals surface area contributed by atoms with Gasteiger partial charge in [0.15, 0.2) is 5.78 Å². The lowest BCUT2D eigenvalue weighted by Crippen LogP contribution is -2.31. The summed E-state index contributed by atoms with van der Waals surface area (Å²) in [5.74, 6) is -0.322. The molecule has 0 bridgehead atoms. The van der Waals surface area contributed by atoms with Crippen molar-refractivity contribution in [2.45, 2.75) is 32.2 Å². The maximum absolute atomic E-state index is 11.1. The number of aliphatic hydroxyl groups is 2. The molecule has 1 rings (SSSR count). The number of aliphatic hydroxyl groups excluding tert-OH is 2. The van der Waals surface area contributed by atoms with E-state index >= 15 is 0 Å². The first kappa shape index (κ1) is 9.64. The predicted molar refractivity (Wildman–Crippen MR) is 41.6 cm³/mol. The number of ketones is 1. The molecule has 1 aliphatic heterocycles. The molecule has 0 aromatic heterocycles. The molecule has 0 aliphatic carbocycles. The first-order valence-electron chi connectivity index (χ1n) is 4.06. The van der Waals surface area contributed by atoms with E-state index in [4.69, 9.17) is 9.84 Å². The number of hydrogen-bond donors (Lipinski definition) is 2. The van der Waals surface area contributed by atoms with Crippen molar-refractivity contribution in [3.8, 4) is 0 Å². The Labute approximate surface area is 71.2 Å². The van der Waals surface area contributed by atoms with Crippen LogP contribution >= 0.6 is 0 Å². The third-order valence-electron chi connectivity index (χ3n) is 2.06. The minimum atomic E-state index is -1.07. The summed E-state index contributed by atoms with van der Waals surface area (Å²) in [6.07, 6.45) is -2.36. The summed E-state index contributed by atoms with van der Waals surface area (Å²) >= 11 is 0. The second-order valence-electron chi connectivity index (χ2n) is 3.36. The van der Waals surface area contributed by atoms with Crippen LogP contribution in [0.4, 0.5) is 0 Å². The molecular weight excluding hydrogens is 160 g/mol. The molecule has 0 aromatic rings. The van der Waals surface area contributed by atoms with Crippen LogP contribution in [0, 0.1) is 5.92 Å². The SMILES string of the molecule is CC(C)[C@@H]1O[C@H](CO)C(=O)C1O. The smallest absolute Gasteiger partial charge is 0.194 e. The molecule has 0 aromatic carbocycles. The fraction of sp³-hybridized carbons (Fsp3) is 0.875. The topological polar surface area (TPSA) is 66.8 Å². The zero-order valence-corrected chi connectivity index (χ0v) is 7.23. The van der Waals surface area contributed by atoms with Crippen molar-refractivity contribution in [1.29, 1.82) is 0 Å². The maximum Gasteiger partial charge on any atom is 0.194 e. The average Bonchev–Trinajstić information content (AvgIpc) is 2.30. The highest BCUT2D eigenvalue weighted by molar-refractivity contribution is 5.89. The molecule has 1 saturated heterocycles. The van der Waals surface area contributed by atoms with Crippen molar-refractivity contribution in [3.05, 3.63) is 0 Å². The number of rotatable bonds is 2. The van der Waals surface area contributed by atoms with Crippen molar-refractivity contribution in [1.82, 2.24) is 0 Å². The standard InChI is InChI=1S/C8H14O4/c1-4(2)8-7(11)6(10)5(3-9)12-8/h4-5,7-9,11H,3H2,1-2H3/t5-,7?,8+/m1/s1. The Kier molecular flexibility index (Phi) is 2.82. The van der Waals surface area contributed by atoms with E-state index in [-0.39, 0.29) is 12.5 Å². The molecule has 3 atom stereocenters. The van der Waals surface area contributed by atoms with Crippen LogP contribution in [0.1, 0.15) is 13.8 Å². The predicted octanol–water partition coefficient (Wildman–Crippen LogP) is -0.668. The van der Waals surface area contributed by atoms with Crippen LogP contribution in [-0.4, -0.2) is 40.9 Å². The van der Waals surface area contributed by atoms with Gasteiger partial charge in [-0.25, -0.2) is 0 Å². The van der Waals surface area contributed by atoms with Crippen molar-refractivity contribution in [2.75, 3.05) is 6.61 Å². The molecule has 2 N–H and O–H groups in total. The molecule has 0 spiro atoms. The van der Waals surface area contributed by atoms with Gasteiger partial charge in [-0.2, -0.15) is 0 Å². The van der Waals surface area contributed by atoms with Gasteiger partial charge in [-0.1, -0.05) is 13.8 Å². The van der Waals surface area contributed by atoms with Crippen LogP contribution in [0.3, 0.4) is 0 Å². The first-order valence-corrected chi connectivity index (χ1v) is 4.06. The Morgan fingerprint density at radius 2 is 2.17 bits per heavy atom. The van der Waals surface area contributed by atoms with Gasteiger partial charge < -0.3 is 14.9 Å². The lowest BCUT2D eigenvalue weighted by Gasteiger charge is -2.16. The normalized spacial score (nSPS) is 36.4. The second kappa shape index (κ2) is 3.51. The van der Waals surface area contributed by atoms with Crippen LogP contribution in [0.25, 0.3) is 0 Å². The summed E-state index contributed by atoms with van der Waals surface area (Å²) in [5.41, 5.74) is 0. The van der Waals surface area contributed by atoms with Crippen LogP contribution in [0.15, 0.2) is 0 Å². The molecular formula is C8H14O4. The molecule has 0 amide bonds. The van der Waals surface area contributed by atoms with Crippen molar-refractivity contribution in [3.63, 3.8) is 0 Å². The van der Waals surface area contributed by atoms with E-state index in [2.05, 4.69) is 0 Å². The molecule has 0 saturated carbocycles. The summed E-state index contributed by atoms with van der Waals surface area (Å²) in [5, 5.41) is 18.0. The van der Waals surface area contributed by atoms with Gasteiger partial charge in [0.05, 0.1) is 12.7 Å². The van der Waals surface area contributed by atoms with Crippen molar-refractivity contribution >= 4 is 5.78 Å². The molecule has 4 heteroatoms. The Morgan fingerprint density at radius 1 is 1.58 bits per heavy atom. The third-order valence-corrected chi connectivity index (χ3v) is 2.06. The number of Topliss-reactive ketones (excluding diaryl/α,β-unsaturated/α-hetero) is 1. The van der Waals surface area contributed by atoms with Gasteiger partial charge in [0.25, 0.3) is 0 Å². The number of carbonyl (C=O) groups excluding carboxylic acids is 1. The highest BCUT2D eigenvalue weighted by atomic mass is 16.5. The van der Waals surface area contributed by atoms with Gasteiger partial charge in [-0.3, -0.25) is 4.79 Å². The number of ether oxygens (including phenoxy) is 1. The van der Waals surface area contributed by atoms with Crippen molar-refractivity contribution in [2.24, 2.45) is 5.92 Å². The average molecular weight is 174 g/mol. The van der Waals surface area contributed by atoms with Gasteiger partial charge >= 0.3 is 0 Å². The van der Waals surface area contributed by atoms with E-state index in [1.165, 1.54) is 0 Å². The quantitative estimate of drug-likeness (QED) is 0.582. The van der Waals surface area contributed by atoms with E-state index in [1.54, 1.807) is 0 Å². The Morgan fingerprint density at radius 3 is 2.42 bits per heavy atom. The highest BCUT2D eigenvalue weighted by Gasteiger charge is 2.42. The summed E-state index contributed by atoms with van der Waals surface area (Å²) in [4.78, 5) is 11.1. The fourth-order valence-corrected chi connectivity index (χ4v) is 1.34. The zero-order valence-electron chi connectivity index (χ0n) is 7.23. The van der Waals surface area contributed by atoms with Crippen LogP contribution in [-0.2, 0) is 9.53 Å². The molecule has 1 fully saturated rings. The van der Waals surface area contributed by atoms with E-state index in [0.29, 0.717) is 0 Å². The highest BCUT2D eigenvalue weighted by Crippen LogP contribution is 2.22. The molecule has 1 heterocycles. The van der Waals surface area contributed by atoms with Gasteiger partial charge in [-0.15, -0.1) is 0 Å². The molecule has 70 valence electrons. The monoisotopic (exact) mass is 174 g/mol. The summed E-state index contributed by atoms with van der Waals surface area (Å²) in [7, 11) is 0. The minimum Gasteiger partial charge on any atom is -0.393 e. The Bertz CT molecular complexity index is 178. The van der Waals surface area contributed by atoms with Crippen LogP contribution < -0.4 is 0 Å². The van der Waals surface area contributed by atoms with Crippen LogP contribution in [0.5, 0.6) is 0 Å². The molecule has 0 radical (unpaired) electrons. The molecule has 4 nitrogen and oxygen atoms in total. The lowest BCUT2D eigenvalue weighted by molar-refractivity contribution is -0.128. The minimum absolute atomic E-state index is 0.0838. The van der Waals surface area contributed by atoms with Gasteiger partial charge in [-0.05, 0) is 5.92 Å². The molecule has 1 unspecified atom stereocenters. The summed E-state index contributed by atoms with van der Waals surface area (Å²) in [6.45, 7) is 3.38. The summed E-state index contributed by atoms with van der Waals surface area (Å²) in [6, 6.07) is 0. The maximum atomic E-state index is 11.1. The lowest BCUT2D eigenvalue weighted by atomic mass is 10.0. The molecule has 1 aliphatic rings. The van der Waals surface area contributed by atoms with Gasteiger partial charge in [0.1, 0.15) is 12.2 Å². The fourth-order valence-electron chi connectivity index (χ4n) is 1.34. The third kappa shape index (κ3) is 1.50. The van der Waals surface area contributed by atoms with Gasteiger partial charge in [0.2, 0.25) is 0 Å². The first-order chi connectivity index (χ1) is 5.57. The van der Waals surface area contributed by atoms with E-state index in [0.717, 1.165) is 0 Å². The number of carbonyl (C=O) groups is 1. The van der Waals surface area contributed by atoms with Crippen molar-refractivity contribution < 1.29 is 19.7 Å². The van der Waals surface area contributed by atoms with E-state index < -0.39 is 24.1 Å². The number of hydrogen-bond acceptors (Lipinski definition) is 4. The summed E-state index contributed by atoms with van der Waals surface area (Å²) < 4.78 is 5.15. The Hall–Kier alpha value is -0.450. The Balaban J connectivity index is 2.67. The largest absolute Gasteiger partial charge is 0.393 e. The second-order valence-corrected chi connectivity index (χ2v) is 3.36. The van der Waals surface area contributed by atoms with E-state index in [9.17, 15) is 9.90 Å². The molecule has 12 heavy (non-hydrogen) atoms.